The lowest BCUT2D eigenvalue weighted by molar-refractivity contribution is 0.0734. The number of rotatable bonds is 5. The number of benzene rings is 3. The van der Waals surface area contributed by atoms with E-state index in [1.165, 1.54) is 0 Å². The predicted molar refractivity (Wildman–Crippen MR) is 120 cm³/mol. The molecule has 1 heterocycles. The molecule has 1 aliphatic rings. The number of methoxy groups -OCH3 is 2. The number of aryl methyl sites for hydroxylation is 2. The third kappa shape index (κ3) is 4.07. The number of hydrogen-bond donors (Lipinski definition) is 0. The van der Waals surface area contributed by atoms with Gasteiger partial charge in [0.25, 0.3) is 0 Å². The normalized spacial score (nSPS) is 13.5. The standard InChI is InChI=1S/C26H22O6/c1-15-6-5-7-18(10-15)26(28)31-19-11-16(2)24-22(14-19)32-23(25(24)27)13-17-8-9-20(29-3)21(12-17)30-4/h5-14H,1-4H3/b23-13-. The van der Waals surface area contributed by atoms with Crippen molar-refractivity contribution in [2.24, 2.45) is 0 Å². The molecule has 0 bridgehead atoms. The van der Waals surface area contributed by atoms with Gasteiger partial charge in [0.2, 0.25) is 5.78 Å². The van der Waals surface area contributed by atoms with Crippen molar-refractivity contribution in [1.82, 2.24) is 0 Å². The molecule has 3 aromatic rings. The van der Waals surface area contributed by atoms with Gasteiger partial charge in [-0.3, -0.25) is 4.79 Å². The quantitative estimate of drug-likeness (QED) is 0.316. The van der Waals surface area contributed by atoms with Gasteiger partial charge >= 0.3 is 5.97 Å². The number of Topliss-reactive ketones (excluding diaryl/α,β-unsaturated/α-hetero) is 1. The summed E-state index contributed by atoms with van der Waals surface area (Å²) in [5.41, 5.74) is 3.25. The number of allylic oxidation sites excluding steroid dienone is 1. The van der Waals surface area contributed by atoms with Gasteiger partial charge in [-0.05, 0) is 61.4 Å². The molecule has 0 atom stereocenters. The van der Waals surface area contributed by atoms with Crippen molar-refractivity contribution < 1.29 is 28.5 Å². The van der Waals surface area contributed by atoms with Gasteiger partial charge in [0, 0.05) is 6.07 Å². The summed E-state index contributed by atoms with van der Waals surface area (Å²) in [4.78, 5) is 25.4. The molecule has 0 spiro atoms. The van der Waals surface area contributed by atoms with Crippen molar-refractivity contribution in [3.63, 3.8) is 0 Å². The maximum Gasteiger partial charge on any atom is 0.343 e. The monoisotopic (exact) mass is 430 g/mol. The van der Waals surface area contributed by atoms with E-state index >= 15 is 0 Å². The number of carbonyl (C=O) groups is 2. The van der Waals surface area contributed by atoms with Gasteiger partial charge < -0.3 is 18.9 Å². The van der Waals surface area contributed by atoms with E-state index in [1.807, 2.05) is 13.0 Å². The first-order valence-corrected chi connectivity index (χ1v) is 9.99. The van der Waals surface area contributed by atoms with Crippen molar-refractivity contribution in [2.45, 2.75) is 13.8 Å². The number of ketones is 1. The van der Waals surface area contributed by atoms with Crippen LogP contribution >= 0.6 is 0 Å². The molecule has 4 rings (SSSR count). The fourth-order valence-corrected chi connectivity index (χ4v) is 3.57. The van der Waals surface area contributed by atoms with Crippen LogP contribution in [0, 0.1) is 13.8 Å². The average Bonchev–Trinajstić information content (AvgIpc) is 3.08. The van der Waals surface area contributed by atoms with Crippen molar-refractivity contribution in [2.75, 3.05) is 14.2 Å². The third-order valence-corrected chi connectivity index (χ3v) is 5.11. The van der Waals surface area contributed by atoms with Crippen molar-refractivity contribution in [3.8, 4) is 23.0 Å². The number of fused-ring (bicyclic) bond motifs is 1. The van der Waals surface area contributed by atoms with Crippen LogP contribution in [0.2, 0.25) is 0 Å². The van der Waals surface area contributed by atoms with E-state index < -0.39 is 5.97 Å². The summed E-state index contributed by atoms with van der Waals surface area (Å²) in [6, 6.07) is 15.7. The first-order valence-electron chi connectivity index (χ1n) is 9.99. The smallest absolute Gasteiger partial charge is 0.343 e. The van der Waals surface area contributed by atoms with Crippen LogP contribution in [0.1, 0.15) is 37.4 Å². The Labute approximate surface area is 186 Å². The molecule has 0 N–H and O–H groups in total. The van der Waals surface area contributed by atoms with Gasteiger partial charge in [0.15, 0.2) is 17.3 Å². The molecule has 0 saturated heterocycles. The van der Waals surface area contributed by atoms with Crippen molar-refractivity contribution >= 4 is 17.8 Å². The average molecular weight is 430 g/mol. The lowest BCUT2D eigenvalue weighted by Gasteiger charge is -2.08. The van der Waals surface area contributed by atoms with Crippen LogP contribution in [-0.4, -0.2) is 26.0 Å². The molecule has 1 aliphatic heterocycles. The molecule has 0 amide bonds. The van der Waals surface area contributed by atoms with Crippen LogP contribution in [0.25, 0.3) is 6.08 Å². The SMILES string of the molecule is COc1ccc(/C=C2\Oc3cc(OC(=O)c4cccc(C)c4)cc(C)c3C2=O)cc1OC. The summed E-state index contributed by atoms with van der Waals surface area (Å²) >= 11 is 0. The van der Waals surface area contributed by atoms with Crippen molar-refractivity contribution in [3.05, 3.63) is 88.2 Å². The molecule has 32 heavy (non-hydrogen) atoms. The van der Waals surface area contributed by atoms with Crippen LogP contribution < -0.4 is 18.9 Å². The van der Waals surface area contributed by atoms with E-state index in [4.69, 9.17) is 18.9 Å². The van der Waals surface area contributed by atoms with Crippen LogP contribution in [-0.2, 0) is 0 Å². The molecule has 6 nitrogen and oxygen atoms in total. The Hall–Kier alpha value is -4.06. The minimum absolute atomic E-state index is 0.178. The number of esters is 1. The highest BCUT2D eigenvalue weighted by molar-refractivity contribution is 6.15. The predicted octanol–water partition coefficient (Wildman–Crippen LogP) is 5.16. The molecule has 162 valence electrons. The first kappa shape index (κ1) is 21.2. The fraction of sp³-hybridized carbons (Fsp3) is 0.154. The first-order chi connectivity index (χ1) is 15.4. The molecule has 0 aromatic heterocycles. The molecule has 0 saturated carbocycles. The Bertz CT molecular complexity index is 1260. The third-order valence-electron chi connectivity index (χ3n) is 5.11. The van der Waals surface area contributed by atoms with Crippen LogP contribution in [0.15, 0.2) is 60.4 Å². The second kappa shape index (κ2) is 8.59. The van der Waals surface area contributed by atoms with E-state index in [2.05, 4.69) is 0 Å². The summed E-state index contributed by atoms with van der Waals surface area (Å²) < 4.78 is 21.9. The lowest BCUT2D eigenvalue weighted by Crippen LogP contribution is -2.09. The van der Waals surface area contributed by atoms with Crippen LogP contribution in [0.5, 0.6) is 23.0 Å². The molecule has 6 heteroatoms. The Kier molecular flexibility index (Phi) is 5.69. The minimum atomic E-state index is -0.474. The van der Waals surface area contributed by atoms with Gasteiger partial charge in [-0.15, -0.1) is 0 Å². The second-order valence-electron chi connectivity index (χ2n) is 7.43. The summed E-state index contributed by atoms with van der Waals surface area (Å²) in [6.07, 6.45) is 1.64. The van der Waals surface area contributed by atoms with Gasteiger partial charge in [0.1, 0.15) is 11.5 Å². The van der Waals surface area contributed by atoms with E-state index in [9.17, 15) is 9.59 Å². The highest BCUT2D eigenvalue weighted by Gasteiger charge is 2.30. The molecule has 0 radical (unpaired) electrons. The minimum Gasteiger partial charge on any atom is -0.493 e. The zero-order valence-electron chi connectivity index (χ0n) is 18.2. The van der Waals surface area contributed by atoms with Crippen LogP contribution in [0.3, 0.4) is 0 Å². The van der Waals surface area contributed by atoms with E-state index in [-0.39, 0.29) is 11.5 Å². The topological polar surface area (TPSA) is 71.1 Å². The Balaban J connectivity index is 1.60. The Morgan fingerprint density at radius 3 is 2.44 bits per heavy atom. The van der Waals surface area contributed by atoms with E-state index in [0.29, 0.717) is 39.7 Å². The Morgan fingerprint density at radius 2 is 1.72 bits per heavy atom. The molecule has 0 aliphatic carbocycles. The molecule has 0 unspecified atom stereocenters. The lowest BCUT2D eigenvalue weighted by atomic mass is 10.0. The summed E-state index contributed by atoms with van der Waals surface area (Å²) in [5, 5.41) is 0. The van der Waals surface area contributed by atoms with Gasteiger partial charge in [0.05, 0.1) is 25.3 Å². The second-order valence-corrected chi connectivity index (χ2v) is 7.43. The maximum atomic E-state index is 12.9. The number of carbonyl (C=O) groups excluding carboxylic acids is 2. The zero-order valence-corrected chi connectivity index (χ0v) is 18.2. The molecule has 3 aromatic carbocycles. The summed E-state index contributed by atoms with van der Waals surface area (Å²) in [6.45, 7) is 3.69. The van der Waals surface area contributed by atoms with E-state index in [1.54, 1.807) is 75.8 Å². The summed E-state index contributed by atoms with van der Waals surface area (Å²) in [5.74, 6) is 1.28. The van der Waals surface area contributed by atoms with E-state index in [0.717, 1.165) is 11.1 Å². The Morgan fingerprint density at radius 1 is 0.938 bits per heavy atom. The zero-order chi connectivity index (χ0) is 22.8. The van der Waals surface area contributed by atoms with Gasteiger partial charge in [-0.2, -0.15) is 0 Å². The van der Waals surface area contributed by atoms with Gasteiger partial charge in [-0.25, -0.2) is 4.79 Å². The molecule has 0 fully saturated rings. The van der Waals surface area contributed by atoms with Crippen molar-refractivity contribution in [1.29, 1.82) is 0 Å². The highest BCUT2D eigenvalue weighted by Crippen LogP contribution is 2.38. The largest absolute Gasteiger partial charge is 0.493 e. The maximum absolute atomic E-state index is 12.9. The van der Waals surface area contributed by atoms with Gasteiger partial charge in [-0.1, -0.05) is 23.8 Å². The number of hydrogen-bond acceptors (Lipinski definition) is 6. The number of ether oxygens (including phenoxy) is 4. The van der Waals surface area contributed by atoms with Crippen LogP contribution in [0.4, 0.5) is 0 Å². The molecular weight excluding hydrogens is 408 g/mol. The highest BCUT2D eigenvalue weighted by atomic mass is 16.5. The molecular formula is C26H22O6. The summed E-state index contributed by atoms with van der Waals surface area (Å²) in [7, 11) is 3.10. The fourth-order valence-electron chi connectivity index (χ4n) is 3.57.